The largest absolute Gasteiger partial charge is 0.390 e. The number of aliphatic hydroxyl groups excluding tert-OH is 1. The van der Waals surface area contributed by atoms with Crippen molar-refractivity contribution in [3.63, 3.8) is 0 Å². The lowest BCUT2D eigenvalue weighted by molar-refractivity contribution is -0.152. The fourth-order valence-corrected chi connectivity index (χ4v) is 2.34. The zero-order chi connectivity index (χ0) is 12.3. The average molecular weight is 240 g/mol. The summed E-state index contributed by atoms with van der Waals surface area (Å²) in [5.74, 6) is 0.875. The van der Waals surface area contributed by atoms with Crippen molar-refractivity contribution in [2.45, 2.75) is 31.0 Å². The molecule has 5 nitrogen and oxygen atoms in total. The van der Waals surface area contributed by atoms with Crippen LogP contribution in [0.3, 0.4) is 0 Å². The molecule has 96 valence electrons. The molecule has 1 aromatic heterocycles. The van der Waals surface area contributed by atoms with Gasteiger partial charge in [-0.05, 0) is 0 Å². The van der Waals surface area contributed by atoms with Gasteiger partial charge in [-0.25, -0.2) is 4.98 Å². The maximum absolute atomic E-state index is 10.4. The van der Waals surface area contributed by atoms with Gasteiger partial charge in [-0.3, -0.25) is 0 Å². The summed E-state index contributed by atoms with van der Waals surface area (Å²) in [5.41, 5.74) is -0.482. The van der Waals surface area contributed by atoms with E-state index in [1.165, 1.54) is 0 Å². The van der Waals surface area contributed by atoms with Gasteiger partial charge in [-0.1, -0.05) is 0 Å². The second-order valence-corrected chi connectivity index (χ2v) is 4.56. The number of aryl methyl sites for hydroxylation is 1. The van der Waals surface area contributed by atoms with Gasteiger partial charge in [-0.2, -0.15) is 0 Å². The van der Waals surface area contributed by atoms with Crippen molar-refractivity contribution >= 4 is 0 Å². The second-order valence-electron chi connectivity index (χ2n) is 4.56. The van der Waals surface area contributed by atoms with Gasteiger partial charge in [0.1, 0.15) is 5.82 Å². The summed E-state index contributed by atoms with van der Waals surface area (Å²) in [7, 11) is 3.59. The minimum Gasteiger partial charge on any atom is -0.390 e. The molecular formula is C12H20N2O3. The number of methoxy groups -OCH3 is 1. The van der Waals surface area contributed by atoms with Crippen LogP contribution in [0, 0.1) is 0 Å². The maximum Gasteiger partial charge on any atom is 0.111 e. The van der Waals surface area contributed by atoms with Gasteiger partial charge in [0.25, 0.3) is 0 Å². The van der Waals surface area contributed by atoms with E-state index in [1.54, 1.807) is 13.3 Å². The normalized spacial score (nSPS) is 21.4. The SMILES string of the molecule is COC1(C(O)Cc2nccn2C)CCOCC1. The Labute approximate surface area is 101 Å². The summed E-state index contributed by atoms with van der Waals surface area (Å²) < 4.78 is 12.8. The van der Waals surface area contributed by atoms with Gasteiger partial charge < -0.3 is 19.1 Å². The zero-order valence-corrected chi connectivity index (χ0v) is 10.4. The quantitative estimate of drug-likeness (QED) is 0.833. The topological polar surface area (TPSA) is 56.5 Å². The lowest BCUT2D eigenvalue weighted by Gasteiger charge is -2.39. The molecule has 1 fully saturated rings. The Bertz CT molecular complexity index is 358. The van der Waals surface area contributed by atoms with E-state index in [0.29, 0.717) is 19.6 Å². The highest BCUT2D eigenvalue weighted by atomic mass is 16.5. The Morgan fingerprint density at radius 2 is 2.29 bits per heavy atom. The van der Waals surface area contributed by atoms with Crippen molar-refractivity contribution in [3.8, 4) is 0 Å². The molecule has 0 radical (unpaired) electrons. The summed E-state index contributed by atoms with van der Waals surface area (Å²) >= 11 is 0. The molecule has 0 aliphatic carbocycles. The fraction of sp³-hybridized carbons (Fsp3) is 0.750. The molecule has 0 saturated carbocycles. The zero-order valence-electron chi connectivity index (χ0n) is 10.4. The molecule has 1 aromatic rings. The van der Waals surface area contributed by atoms with Gasteiger partial charge in [0.05, 0.1) is 11.7 Å². The monoisotopic (exact) mass is 240 g/mol. The van der Waals surface area contributed by atoms with Crippen molar-refractivity contribution in [1.29, 1.82) is 0 Å². The molecular weight excluding hydrogens is 220 g/mol. The highest BCUT2D eigenvalue weighted by Crippen LogP contribution is 2.29. The maximum atomic E-state index is 10.4. The summed E-state index contributed by atoms with van der Waals surface area (Å²) in [6.07, 6.45) is 5.05. The van der Waals surface area contributed by atoms with E-state index < -0.39 is 11.7 Å². The van der Waals surface area contributed by atoms with Crippen LogP contribution in [0.5, 0.6) is 0 Å². The number of nitrogens with zero attached hydrogens (tertiary/aromatic N) is 2. The molecule has 0 aromatic carbocycles. The first-order valence-electron chi connectivity index (χ1n) is 5.95. The molecule has 1 unspecified atom stereocenters. The number of aromatic nitrogens is 2. The Morgan fingerprint density at radius 3 is 2.82 bits per heavy atom. The molecule has 0 amide bonds. The van der Waals surface area contributed by atoms with E-state index >= 15 is 0 Å². The predicted molar refractivity (Wildman–Crippen MR) is 62.7 cm³/mol. The van der Waals surface area contributed by atoms with Crippen molar-refractivity contribution in [2.24, 2.45) is 7.05 Å². The van der Waals surface area contributed by atoms with E-state index in [4.69, 9.17) is 9.47 Å². The Kier molecular flexibility index (Phi) is 3.81. The minimum absolute atomic E-state index is 0.482. The van der Waals surface area contributed by atoms with E-state index in [-0.39, 0.29) is 0 Å². The number of aliphatic hydroxyl groups is 1. The van der Waals surface area contributed by atoms with E-state index in [0.717, 1.165) is 18.7 Å². The molecule has 1 atom stereocenters. The summed E-state index contributed by atoms with van der Waals surface area (Å²) in [6, 6.07) is 0. The Balaban J connectivity index is 2.07. The first kappa shape index (κ1) is 12.5. The van der Waals surface area contributed by atoms with E-state index in [1.807, 2.05) is 17.8 Å². The number of rotatable bonds is 4. The number of hydrogen-bond donors (Lipinski definition) is 1. The van der Waals surface area contributed by atoms with Crippen LogP contribution in [0.2, 0.25) is 0 Å². The lowest BCUT2D eigenvalue weighted by atomic mass is 9.86. The molecule has 1 saturated heterocycles. The van der Waals surface area contributed by atoms with Crippen LogP contribution < -0.4 is 0 Å². The predicted octanol–water partition coefficient (Wildman–Crippen LogP) is 0.519. The third-order valence-electron chi connectivity index (χ3n) is 3.65. The van der Waals surface area contributed by atoms with Gasteiger partial charge in [0, 0.05) is 59.0 Å². The van der Waals surface area contributed by atoms with Crippen molar-refractivity contribution < 1.29 is 14.6 Å². The van der Waals surface area contributed by atoms with Crippen molar-refractivity contribution in [1.82, 2.24) is 9.55 Å². The van der Waals surface area contributed by atoms with Gasteiger partial charge in [-0.15, -0.1) is 0 Å². The standard InChI is InChI=1S/C12H20N2O3/c1-14-6-5-13-11(14)9-10(15)12(16-2)3-7-17-8-4-12/h5-6,10,15H,3-4,7-9H2,1-2H3. The molecule has 5 heteroatoms. The van der Waals surface area contributed by atoms with E-state index in [2.05, 4.69) is 4.98 Å². The fourth-order valence-electron chi connectivity index (χ4n) is 2.34. The lowest BCUT2D eigenvalue weighted by Crippen LogP contribution is -2.49. The van der Waals surface area contributed by atoms with Gasteiger partial charge in [0.15, 0.2) is 0 Å². The molecule has 1 aliphatic heterocycles. The molecule has 0 bridgehead atoms. The summed E-state index contributed by atoms with van der Waals surface area (Å²) in [6.45, 7) is 1.29. The van der Waals surface area contributed by atoms with Crippen LogP contribution in [0.1, 0.15) is 18.7 Å². The number of imidazole rings is 1. The first-order valence-corrected chi connectivity index (χ1v) is 5.95. The summed E-state index contributed by atoms with van der Waals surface area (Å²) in [5, 5.41) is 10.4. The van der Waals surface area contributed by atoms with Gasteiger partial charge in [0.2, 0.25) is 0 Å². The molecule has 0 spiro atoms. The molecule has 2 heterocycles. The van der Waals surface area contributed by atoms with E-state index in [9.17, 15) is 5.11 Å². The molecule has 2 rings (SSSR count). The Morgan fingerprint density at radius 1 is 1.59 bits per heavy atom. The highest BCUT2D eigenvalue weighted by Gasteiger charge is 2.40. The molecule has 17 heavy (non-hydrogen) atoms. The Hall–Kier alpha value is -0.910. The smallest absolute Gasteiger partial charge is 0.111 e. The number of hydrogen-bond acceptors (Lipinski definition) is 4. The van der Waals surface area contributed by atoms with Gasteiger partial charge >= 0.3 is 0 Å². The summed E-state index contributed by atoms with van der Waals surface area (Å²) in [4.78, 5) is 4.23. The molecule has 1 aliphatic rings. The van der Waals surface area contributed by atoms with Crippen molar-refractivity contribution in [3.05, 3.63) is 18.2 Å². The first-order chi connectivity index (χ1) is 8.18. The highest BCUT2D eigenvalue weighted by molar-refractivity contribution is 4.99. The van der Waals surface area contributed by atoms with Crippen LogP contribution in [-0.2, 0) is 22.9 Å². The van der Waals surface area contributed by atoms with Crippen LogP contribution in [-0.4, -0.2) is 46.7 Å². The minimum atomic E-state index is -0.544. The average Bonchev–Trinajstić information content (AvgIpc) is 2.76. The third-order valence-corrected chi connectivity index (χ3v) is 3.65. The van der Waals surface area contributed by atoms with Crippen LogP contribution in [0.15, 0.2) is 12.4 Å². The van der Waals surface area contributed by atoms with Crippen molar-refractivity contribution in [2.75, 3.05) is 20.3 Å². The number of ether oxygens (including phenoxy) is 2. The third kappa shape index (κ3) is 2.51. The van der Waals surface area contributed by atoms with Crippen LogP contribution >= 0.6 is 0 Å². The van der Waals surface area contributed by atoms with Crippen LogP contribution in [0.4, 0.5) is 0 Å². The molecule has 1 N–H and O–H groups in total. The second kappa shape index (κ2) is 5.16. The van der Waals surface area contributed by atoms with Crippen LogP contribution in [0.25, 0.3) is 0 Å².